The van der Waals surface area contributed by atoms with Crippen molar-refractivity contribution < 1.29 is 9.53 Å². The number of methoxy groups -OCH3 is 1. The van der Waals surface area contributed by atoms with Gasteiger partial charge in [-0.05, 0) is 29.7 Å². The molecule has 1 saturated heterocycles. The van der Waals surface area contributed by atoms with Gasteiger partial charge in [-0.25, -0.2) is 14.8 Å². The lowest BCUT2D eigenvalue weighted by molar-refractivity contribution is 0.207. The number of carbonyl (C=O) groups excluding carboxylic acids is 1. The van der Waals surface area contributed by atoms with Gasteiger partial charge in [-0.2, -0.15) is 0 Å². The molecule has 4 rings (SSSR count). The van der Waals surface area contributed by atoms with Crippen LogP contribution in [0.15, 0.2) is 61.3 Å². The highest BCUT2D eigenvalue weighted by molar-refractivity contribution is 5.74. The number of hydrogen-bond donors (Lipinski definition) is 1. The fraction of sp³-hybridized carbons (Fsp3) is 0.286. The summed E-state index contributed by atoms with van der Waals surface area (Å²) in [4.78, 5) is 22.8. The molecular weight excluding hydrogens is 354 g/mol. The number of pyridine rings is 1. The van der Waals surface area contributed by atoms with Gasteiger partial charge >= 0.3 is 6.03 Å². The van der Waals surface area contributed by atoms with E-state index in [9.17, 15) is 4.79 Å². The van der Waals surface area contributed by atoms with Crippen LogP contribution >= 0.6 is 0 Å². The van der Waals surface area contributed by atoms with Gasteiger partial charge in [-0.3, -0.25) is 4.57 Å². The summed E-state index contributed by atoms with van der Waals surface area (Å²) in [5, 5.41) is 2.99. The number of imidazole rings is 1. The Labute approximate surface area is 164 Å². The number of aromatic nitrogens is 3. The summed E-state index contributed by atoms with van der Waals surface area (Å²) in [6.45, 7) is 1.89. The normalized spacial score (nSPS) is 16.2. The van der Waals surface area contributed by atoms with Crippen LogP contribution in [0, 0.1) is 0 Å². The van der Waals surface area contributed by atoms with Crippen LogP contribution in [0.3, 0.4) is 0 Å². The van der Waals surface area contributed by atoms with Crippen LogP contribution in [0.25, 0.3) is 5.82 Å². The number of nitrogens with zero attached hydrogens (tertiary/aromatic N) is 4. The number of benzene rings is 1. The predicted molar refractivity (Wildman–Crippen MR) is 106 cm³/mol. The molecule has 28 heavy (non-hydrogen) atoms. The first-order valence-electron chi connectivity index (χ1n) is 9.33. The highest BCUT2D eigenvalue weighted by atomic mass is 16.5. The fourth-order valence-electron chi connectivity index (χ4n) is 3.56. The summed E-state index contributed by atoms with van der Waals surface area (Å²) in [5.41, 5.74) is 2.12. The van der Waals surface area contributed by atoms with Gasteiger partial charge in [0.15, 0.2) is 0 Å². The average Bonchev–Trinajstić information content (AvgIpc) is 3.44. The highest BCUT2D eigenvalue weighted by Gasteiger charge is 2.28. The van der Waals surface area contributed by atoms with E-state index in [4.69, 9.17) is 4.74 Å². The molecule has 3 aromatic rings. The van der Waals surface area contributed by atoms with E-state index >= 15 is 0 Å². The fourth-order valence-corrected chi connectivity index (χ4v) is 3.56. The van der Waals surface area contributed by atoms with Gasteiger partial charge in [-0.1, -0.05) is 24.3 Å². The van der Waals surface area contributed by atoms with E-state index in [-0.39, 0.29) is 6.03 Å². The zero-order valence-corrected chi connectivity index (χ0v) is 15.8. The first kappa shape index (κ1) is 18.0. The monoisotopic (exact) mass is 377 g/mol. The van der Waals surface area contributed by atoms with Gasteiger partial charge in [0.05, 0.1) is 7.11 Å². The molecule has 2 aromatic heterocycles. The Balaban J connectivity index is 1.32. The van der Waals surface area contributed by atoms with Crippen molar-refractivity contribution in [2.24, 2.45) is 0 Å². The molecule has 1 aliphatic rings. The molecule has 0 bridgehead atoms. The number of urea groups is 1. The first-order valence-corrected chi connectivity index (χ1v) is 9.33. The second-order valence-electron chi connectivity index (χ2n) is 6.83. The van der Waals surface area contributed by atoms with Crippen molar-refractivity contribution in [1.29, 1.82) is 0 Å². The molecule has 1 aliphatic heterocycles. The van der Waals surface area contributed by atoms with E-state index < -0.39 is 0 Å². The van der Waals surface area contributed by atoms with Crippen LogP contribution in [0.4, 0.5) is 4.79 Å². The Morgan fingerprint density at radius 1 is 1.29 bits per heavy atom. The Hall–Kier alpha value is -3.35. The van der Waals surface area contributed by atoms with Gasteiger partial charge in [-0.15, -0.1) is 0 Å². The number of amides is 2. The van der Waals surface area contributed by atoms with Gasteiger partial charge in [0.1, 0.15) is 17.9 Å². The number of carbonyl (C=O) groups is 1. The molecule has 1 atom stereocenters. The zero-order valence-electron chi connectivity index (χ0n) is 15.8. The smallest absolute Gasteiger partial charge is 0.317 e. The molecule has 1 aromatic carbocycles. The summed E-state index contributed by atoms with van der Waals surface area (Å²) >= 11 is 0. The van der Waals surface area contributed by atoms with Gasteiger partial charge in [0, 0.05) is 44.1 Å². The third-order valence-electron chi connectivity index (χ3n) is 5.08. The number of para-hydroxylation sites is 1. The summed E-state index contributed by atoms with van der Waals surface area (Å²) < 4.78 is 7.30. The molecule has 1 fully saturated rings. The Morgan fingerprint density at radius 2 is 2.18 bits per heavy atom. The molecule has 0 radical (unpaired) electrons. The van der Waals surface area contributed by atoms with Crippen molar-refractivity contribution >= 4 is 6.03 Å². The SMILES string of the molecule is COc1ccccc1C1CCN(C(=O)NCc2ccc(-n3ccnc3)nc2)C1. The molecule has 2 amide bonds. The van der Waals surface area contributed by atoms with Crippen LogP contribution in [0.1, 0.15) is 23.5 Å². The third-order valence-corrected chi connectivity index (χ3v) is 5.08. The van der Waals surface area contributed by atoms with Crippen LogP contribution in [-0.4, -0.2) is 45.7 Å². The Morgan fingerprint density at radius 3 is 2.93 bits per heavy atom. The van der Waals surface area contributed by atoms with E-state index in [0.717, 1.165) is 30.1 Å². The molecule has 7 heteroatoms. The molecule has 0 saturated carbocycles. The van der Waals surface area contributed by atoms with E-state index in [1.165, 1.54) is 5.56 Å². The molecule has 0 spiro atoms. The van der Waals surface area contributed by atoms with Crippen LogP contribution < -0.4 is 10.1 Å². The molecule has 1 N–H and O–H groups in total. The number of rotatable bonds is 5. The van der Waals surface area contributed by atoms with Gasteiger partial charge < -0.3 is 15.0 Å². The second-order valence-corrected chi connectivity index (χ2v) is 6.83. The van der Waals surface area contributed by atoms with E-state index in [2.05, 4.69) is 21.4 Å². The summed E-state index contributed by atoms with van der Waals surface area (Å²) in [6, 6.07) is 11.9. The van der Waals surface area contributed by atoms with E-state index in [1.807, 2.05) is 46.0 Å². The quantitative estimate of drug-likeness (QED) is 0.742. The molecule has 144 valence electrons. The maximum absolute atomic E-state index is 12.6. The van der Waals surface area contributed by atoms with Gasteiger partial charge in [0.2, 0.25) is 0 Å². The molecular formula is C21H23N5O2. The van der Waals surface area contributed by atoms with Crippen molar-refractivity contribution in [1.82, 2.24) is 24.8 Å². The average molecular weight is 377 g/mol. The third kappa shape index (κ3) is 3.83. The number of likely N-dealkylation sites (tertiary alicyclic amines) is 1. The number of hydrogen-bond acceptors (Lipinski definition) is 4. The van der Waals surface area contributed by atoms with Crippen LogP contribution in [0.5, 0.6) is 5.75 Å². The second kappa shape index (κ2) is 8.12. The maximum atomic E-state index is 12.6. The van der Waals surface area contributed by atoms with Crippen LogP contribution in [0.2, 0.25) is 0 Å². The van der Waals surface area contributed by atoms with Gasteiger partial charge in [0.25, 0.3) is 0 Å². The molecule has 3 heterocycles. The standard InChI is InChI=1S/C21H23N5O2/c1-28-19-5-3-2-4-18(19)17-8-10-25(14-17)21(27)24-13-16-6-7-20(23-12-16)26-11-9-22-15-26/h2-7,9,11-12,15,17H,8,10,13-14H2,1H3,(H,24,27). The minimum absolute atomic E-state index is 0.0453. The summed E-state index contributed by atoms with van der Waals surface area (Å²) in [7, 11) is 1.68. The van der Waals surface area contributed by atoms with E-state index in [1.54, 1.807) is 25.8 Å². The highest BCUT2D eigenvalue weighted by Crippen LogP contribution is 2.33. The topological polar surface area (TPSA) is 72.3 Å². The maximum Gasteiger partial charge on any atom is 0.317 e. The largest absolute Gasteiger partial charge is 0.496 e. The van der Waals surface area contributed by atoms with Crippen molar-refractivity contribution in [3.05, 3.63) is 72.4 Å². The Bertz CT molecular complexity index is 924. The number of ether oxygens (including phenoxy) is 1. The van der Waals surface area contributed by atoms with Crippen molar-refractivity contribution in [3.8, 4) is 11.6 Å². The van der Waals surface area contributed by atoms with Crippen molar-refractivity contribution in [2.75, 3.05) is 20.2 Å². The first-order chi connectivity index (χ1) is 13.7. The molecule has 7 nitrogen and oxygen atoms in total. The lowest BCUT2D eigenvalue weighted by Gasteiger charge is -2.18. The minimum atomic E-state index is -0.0453. The predicted octanol–water partition coefficient (Wildman–Crippen LogP) is 2.98. The molecule has 0 aliphatic carbocycles. The Kier molecular flexibility index (Phi) is 5.23. The van der Waals surface area contributed by atoms with Crippen LogP contribution in [-0.2, 0) is 6.54 Å². The number of nitrogens with one attached hydrogen (secondary N) is 1. The summed E-state index contributed by atoms with van der Waals surface area (Å²) in [6.07, 6.45) is 7.97. The molecule has 1 unspecified atom stereocenters. The summed E-state index contributed by atoms with van der Waals surface area (Å²) in [5.74, 6) is 1.99. The minimum Gasteiger partial charge on any atom is -0.496 e. The lowest BCUT2D eigenvalue weighted by Crippen LogP contribution is -2.38. The lowest BCUT2D eigenvalue weighted by atomic mass is 9.97. The van der Waals surface area contributed by atoms with Crippen molar-refractivity contribution in [3.63, 3.8) is 0 Å². The van der Waals surface area contributed by atoms with E-state index in [0.29, 0.717) is 19.0 Å². The zero-order chi connectivity index (χ0) is 19.3. The van der Waals surface area contributed by atoms with Crippen molar-refractivity contribution in [2.45, 2.75) is 18.9 Å².